The molecule has 3 heterocycles. The van der Waals surface area contributed by atoms with Gasteiger partial charge in [-0.1, -0.05) is 0 Å². The highest BCUT2D eigenvalue weighted by Crippen LogP contribution is 2.27. The molecule has 1 aromatic heterocycles. The second-order valence-corrected chi connectivity index (χ2v) is 6.84. The van der Waals surface area contributed by atoms with E-state index in [4.69, 9.17) is 4.74 Å². The minimum absolute atomic E-state index is 0.105. The molecule has 2 fully saturated rings. The number of rotatable bonds is 5. The van der Waals surface area contributed by atoms with Gasteiger partial charge in [0.1, 0.15) is 6.61 Å². The van der Waals surface area contributed by atoms with E-state index in [-0.39, 0.29) is 18.6 Å². The van der Waals surface area contributed by atoms with Crippen LogP contribution in [0.4, 0.5) is 0 Å². The number of hydrogen-bond acceptors (Lipinski definition) is 5. The van der Waals surface area contributed by atoms with Crippen molar-refractivity contribution in [1.82, 2.24) is 19.7 Å². The number of hydrogen-bond donors (Lipinski definition) is 0. The molecule has 0 aromatic carbocycles. The average Bonchev–Trinajstić information content (AvgIpc) is 3.00. The number of methoxy groups -OCH3 is 1. The molecule has 1 amide bonds. The highest BCUT2D eigenvalue weighted by molar-refractivity contribution is 5.78. The Bertz CT molecular complexity index is 531. The third-order valence-electron chi connectivity index (χ3n) is 5.30. The van der Waals surface area contributed by atoms with Crippen LogP contribution in [0.15, 0.2) is 24.5 Å². The van der Waals surface area contributed by atoms with Crippen LogP contribution in [0.3, 0.4) is 0 Å². The van der Waals surface area contributed by atoms with Crippen LogP contribution in [-0.2, 0) is 16.0 Å². The zero-order chi connectivity index (χ0) is 16.9. The molecule has 2 aliphatic heterocycles. The third kappa shape index (κ3) is 3.94. The molecule has 0 spiro atoms. The molecular weight excluding hydrogens is 304 g/mol. The Hall–Kier alpha value is -1.50. The fourth-order valence-corrected chi connectivity index (χ4v) is 3.94. The number of ether oxygens (including phenoxy) is 1. The van der Waals surface area contributed by atoms with E-state index in [9.17, 15) is 4.79 Å². The van der Waals surface area contributed by atoms with E-state index in [0.29, 0.717) is 6.04 Å². The van der Waals surface area contributed by atoms with E-state index >= 15 is 0 Å². The maximum absolute atomic E-state index is 12.5. The zero-order valence-electron chi connectivity index (χ0n) is 14.7. The maximum Gasteiger partial charge on any atom is 0.248 e. The summed E-state index contributed by atoms with van der Waals surface area (Å²) in [5.74, 6) is 0.105. The van der Waals surface area contributed by atoms with Gasteiger partial charge in [0.15, 0.2) is 0 Å². The van der Waals surface area contributed by atoms with Crippen molar-refractivity contribution in [2.45, 2.75) is 24.9 Å². The lowest BCUT2D eigenvalue weighted by Gasteiger charge is -2.40. The molecule has 3 rings (SSSR count). The molecule has 0 aliphatic carbocycles. The Morgan fingerprint density at radius 3 is 2.58 bits per heavy atom. The zero-order valence-corrected chi connectivity index (χ0v) is 14.7. The van der Waals surface area contributed by atoms with Crippen LogP contribution in [0.2, 0.25) is 0 Å². The van der Waals surface area contributed by atoms with E-state index in [1.807, 2.05) is 17.3 Å². The molecule has 2 aliphatic rings. The first-order chi connectivity index (χ1) is 11.7. The van der Waals surface area contributed by atoms with Crippen molar-refractivity contribution in [3.8, 4) is 0 Å². The Morgan fingerprint density at radius 2 is 1.92 bits per heavy atom. The van der Waals surface area contributed by atoms with Gasteiger partial charge in [-0.3, -0.25) is 14.7 Å². The van der Waals surface area contributed by atoms with Crippen molar-refractivity contribution < 1.29 is 9.53 Å². The average molecular weight is 332 g/mol. The number of piperazine rings is 1. The summed E-state index contributed by atoms with van der Waals surface area (Å²) < 4.78 is 5.09. The van der Waals surface area contributed by atoms with Gasteiger partial charge in [0.05, 0.1) is 6.04 Å². The molecule has 0 unspecified atom stereocenters. The van der Waals surface area contributed by atoms with Crippen molar-refractivity contribution in [1.29, 1.82) is 0 Å². The lowest BCUT2D eigenvalue weighted by atomic mass is 9.98. The molecule has 0 bridgehead atoms. The Labute approximate surface area is 144 Å². The third-order valence-corrected chi connectivity index (χ3v) is 5.30. The molecule has 132 valence electrons. The quantitative estimate of drug-likeness (QED) is 0.785. The molecule has 24 heavy (non-hydrogen) atoms. The maximum atomic E-state index is 12.5. The van der Waals surface area contributed by atoms with Gasteiger partial charge in [-0.2, -0.15) is 0 Å². The molecule has 0 radical (unpaired) electrons. The molecule has 0 saturated carbocycles. The second kappa shape index (κ2) is 8.05. The van der Waals surface area contributed by atoms with Crippen LogP contribution in [0.5, 0.6) is 0 Å². The lowest BCUT2D eigenvalue weighted by Crippen LogP contribution is -2.54. The van der Waals surface area contributed by atoms with Gasteiger partial charge in [-0.25, -0.2) is 0 Å². The number of pyridine rings is 1. The Balaban J connectivity index is 1.75. The summed E-state index contributed by atoms with van der Waals surface area (Å²) in [6.45, 7) is 5.37. The van der Waals surface area contributed by atoms with Crippen molar-refractivity contribution in [3.05, 3.63) is 30.1 Å². The normalized spacial score (nSPS) is 26.0. The molecular formula is C18H28N4O2. The van der Waals surface area contributed by atoms with E-state index in [1.165, 1.54) is 5.56 Å². The first-order valence-electron chi connectivity index (χ1n) is 8.79. The van der Waals surface area contributed by atoms with E-state index in [0.717, 1.165) is 45.6 Å². The minimum atomic E-state index is 0.105. The fraction of sp³-hybridized carbons (Fsp3) is 0.667. The van der Waals surface area contributed by atoms with Gasteiger partial charge >= 0.3 is 0 Å². The number of carbonyl (C=O) groups is 1. The summed E-state index contributed by atoms with van der Waals surface area (Å²) in [5.41, 5.74) is 1.24. The summed E-state index contributed by atoms with van der Waals surface area (Å²) in [6, 6.07) is 4.77. The summed E-state index contributed by atoms with van der Waals surface area (Å²) in [6.07, 6.45) is 5.59. The first kappa shape index (κ1) is 17.3. The number of likely N-dealkylation sites (tertiary alicyclic amines) is 1. The Morgan fingerprint density at radius 1 is 1.21 bits per heavy atom. The first-order valence-corrected chi connectivity index (χ1v) is 8.79. The van der Waals surface area contributed by atoms with Crippen LogP contribution >= 0.6 is 0 Å². The molecule has 0 N–H and O–H groups in total. The van der Waals surface area contributed by atoms with Crippen molar-refractivity contribution in [2.75, 3.05) is 53.5 Å². The minimum Gasteiger partial charge on any atom is -0.375 e. The smallest absolute Gasteiger partial charge is 0.248 e. The number of amides is 1. The lowest BCUT2D eigenvalue weighted by molar-refractivity contribution is -0.136. The van der Waals surface area contributed by atoms with Crippen molar-refractivity contribution in [2.24, 2.45) is 0 Å². The van der Waals surface area contributed by atoms with Crippen LogP contribution in [0.25, 0.3) is 0 Å². The van der Waals surface area contributed by atoms with Crippen molar-refractivity contribution >= 4 is 5.91 Å². The number of likely N-dealkylation sites (N-methyl/N-ethyl adjacent to an activating group) is 1. The summed E-state index contributed by atoms with van der Waals surface area (Å²) in [4.78, 5) is 23.6. The van der Waals surface area contributed by atoms with E-state index in [2.05, 4.69) is 34.0 Å². The van der Waals surface area contributed by atoms with Gasteiger partial charge in [-0.15, -0.1) is 0 Å². The highest BCUT2D eigenvalue weighted by atomic mass is 16.5. The predicted octanol–water partition coefficient (Wildman–Crippen LogP) is 0.487. The van der Waals surface area contributed by atoms with Gasteiger partial charge in [0, 0.05) is 58.3 Å². The molecule has 6 heteroatoms. The van der Waals surface area contributed by atoms with Gasteiger partial charge in [0.2, 0.25) is 5.91 Å². The SMILES string of the molecule is COCC(=O)N1CC[C@@H](N2CCN(C)CC2)[C@H]1Cc1ccncc1. The highest BCUT2D eigenvalue weighted by Gasteiger charge is 2.40. The topological polar surface area (TPSA) is 48.9 Å². The van der Waals surface area contributed by atoms with E-state index in [1.54, 1.807) is 7.11 Å². The predicted molar refractivity (Wildman–Crippen MR) is 92.8 cm³/mol. The Kier molecular flexibility index (Phi) is 5.81. The summed E-state index contributed by atoms with van der Waals surface area (Å²) in [7, 11) is 3.76. The van der Waals surface area contributed by atoms with Gasteiger partial charge in [0.25, 0.3) is 0 Å². The van der Waals surface area contributed by atoms with E-state index < -0.39 is 0 Å². The number of nitrogens with zero attached hydrogens (tertiary/aromatic N) is 4. The standard InChI is InChI=1S/C18H28N4O2/c1-20-9-11-21(12-10-20)16-5-8-22(18(23)14-24-2)17(16)13-15-3-6-19-7-4-15/h3-4,6-7,16-17H,5,8-14H2,1-2H3/t16-,17-/m1/s1. The van der Waals surface area contributed by atoms with Crippen LogP contribution in [0.1, 0.15) is 12.0 Å². The van der Waals surface area contributed by atoms with Crippen molar-refractivity contribution in [3.63, 3.8) is 0 Å². The molecule has 2 atom stereocenters. The number of carbonyl (C=O) groups excluding carboxylic acids is 1. The van der Waals surface area contributed by atoms with Gasteiger partial charge < -0.3 is 14.5 Å². The molecule has 6 nitrogen and oxygen atoms in total. The van der Waals surface area contributed by atoms with Gasteiger partial charge in [-0.05, 0) is 37.6 Å². The monoisotopic (exact) mass is 332 g/mol. The van der Waals surface area contributed by atoms with Crippen LogP contribution in [0, 0.1) is 0 Å². The van der Waals surface area contributed by atoms with Crippen LogP contribution in [-0.4, -0.2) is 91.2 Å². The summed E-state index contributed by atoms with van der Waals surface area (Å²) >= 11 is 0. The fourth-order valence-electron chi connectivity index (χ4n) is 3.94. The molecule has 1 aromatic rings. The second-order valence-electron chi connectivity index (χ2n) is 6.84. The van der Waals surface area contributed by atoms with Crippen LogP contribution < -0.4 is 0 Å². The number of aromatic nitrogens is 1. The summed E-state index contributed by atoms with van der Waals surface area (Å²) in [5, 5.41) is 0. The molecule has 2 saturated heterocycles. The largest absolute Gasteiger partial charge is 0.375 e.